The number of aliphatic carboxylic acids is 1. The van der Waals surface area contributed by atoms with Crippen molar-refractivity contribution < 1.29 is 14.7 Å². The number of amides is 2. The minimum Gasteiger partial charge on any atom is -0.480 e. The van der Waals surface area contributed by atoms with Crippen LogP contribution in [0.1, 0.15) is 26.0 Å². The molecule has 0 radical (unpaired) electrons. The van der Waals surface area contributed by atoms with Gasteiger partial charge < -0.3 is 14.9 Å². The third-order valence-electron chi connectivity index (χ3n) is 2.82. The first kappa shape index (κ1) is 15.9. The van der Waals surface area contributed by atoms with Gasteiger partial charge in [-0.1, -0.05) is 13.0 Å². The summed E-state index contributed by atoms with van der Waals surface area (Å²) in [5, 5.41) is 8.88. The van der Waals surface area contributed by atoms with Crippen molar-refractivity contribution in [3.05, 3.63) is 30.1 Å². The van der Waals surface area contributed by atoms with Gasteiger partial charge in [0.2, 0.25) is 0 Å². The predicted octanol–water partition coefficient (Wildman–Crippen LogP) is 1.82. The molecule has 0 saturated heterocycles. The second-order valence-corrected chi connectivity index (χ2v) is 4.43. The number of carbonyl (C=O) groups is 2. The normalized spacial score (nSPS) is 10.1. The van der Waals surface area contributed by atoms with Crippen molar-refractivity contribution in [1.29, 1.82) is 0 Å². The quantitative estimate of drug-likeness (QED) is 0.826. The van der Waals surface area contributed by atoms with Crippen molar-refractivity contribution in [3.63, 3.8) is 0 Å². The number of urea groups is 1. The van der Waals surface area contributed by atoms with Crippen LogP contribution >= 0.6 is 0 Å². The molecule has 2 amide bonds. The van der Waals surface area contributed by atoms with Crippen LogP contribution in [0.5, 0.6) is 0 Å². The minimum absolute atomic E-state index is 0.262. The van der Waals surface area contributed by atoms with Crippen molar-refractivity contribution in [1.82, 2.24) is 14.8 Å². The molecule has 1 aromatic heterocycles. The minimum atomic E-state index is -0.999. The molecular formula is C14H21N3O3. The number of carbonyl (C=O) groups excluding carboxylic acids is 1. The Morgan fingerprint density at radius 3 is 2.50 bits per heavy atom. The third kappa shape index (κ3) is 4.87. The summed E-state index contributed by atoms with van der Waals surface area (Å²) in [7, 11) is 0. The zero-order valence-electron chi connectivity index (χ0n) is 12.0. The van der Waals surface area contributed by atoms with Crippen LogP contribution in [0.3, 0.4) is 0 Å². The average molecular weight is 279 g/mol. The SMILES string of the molecule is CCCN(CC(=O)O)C(=O)N(CC)Cc1ccccn1. The number of hydrogen-bond donors (Lipinski definition) is 1. The van der Waals surface area contributed by atoms with Gasteiger partial charge in [0.05, 0.1) is 12.2 Å². The summed E-state index contributed by atoms with van der Waals surface area (Å²) in [4.78, 5) is 30.3. The topological polar surface area (TPSA) is 73.7 Å². The fourth-order valence-corrected chi connectivity index (χ4v) is 1.88. The largest absolute Gasteiger partial charge is 0.480 e. The molecule has 6 nitrogen and oxygen atoms in total. The van der Waals surface area contributed by atoms with Gasteiger partial charge in [-0.2, -0.15) is 0 Å². The molecule has 0 aromatic carbocycles. The van der Waals surface area contributed by atoms with Crippen molar-refractivity contribution in [3.8, 4) is 0 Å². The van der Waals surface area contributed by atoms with Gasteiger partial charge in [-0.15, -0.1) is 0 Å². The standard InChI is InChI=1S/C14H21N3O3/c1-3-9-17(11-13(18)19)14(20)16(4-2)10-12-7-5-6-8-15-12/h5-8H,3-4,9-11H2,1-2H3,(H,18,19). The molecule has 0 fully saturated rings. The van der Waals surface area contributed by atoms with Crippen molar-refractivity contribution in [2.45, 2.75) is 26.8 Å². The second-order valence-electron chi connectivity index (χ2n) is 4.43. The van der Waals surface area contributed by atoms with E-state index in [2.05, 4.69) is 4.98 Å². The molecule has 0 atom stereocenters. The number of carboxylic acids is 1. The number of aromatic nitrogens is 1. The van der Waals surface area contributed by atoms with Gasteiger partial charge in [0.25, 0.3) is 0 Å². The Hall–Kier alpha value is -2.11. The lowest BCUT2D eigenvalue weighted by molar-refractivity contribution is -0.137. The monoisotopic (exact) mass is 279 g/mol. The van der Waals surface area contributed by atoms with E-state index in [-0.39, 0.29) is 12.6 Å². The highest BCUT2D eigenvalue weighted by atomic mass is 16.4. The maximum Gasteiger partial charge on any atom is 0.323 e. The fraction of sp³-hybridized carbons (Fsp3) is 0.500. The summed E-state index contributed by atoms with van der Waals surface area (Å²) in [6, 6.07) is 5.26. The van der Waals surface area contributed by atoms with Crippen molar-refractivity contribution in [2.24, 2.45) is 0 Å². The number of hydrogen-bond acceptors (Lipinski definition) is 3. The van der Waals surface area contributed by atoms with Crippen LogP contribution < -0.4 is 0 Å². The van der Waals surface area contributed by atoms with E-state index < -0.39 is 5.97 Å². The van der Waals surface area contributed by atoms with E-state index in [1.165, 1.54) is 4.90 Å². The molecule has 20 heavy (non-hydrogen) atoms. The van der Waals surface area contributed by atoms with Crippen LogP contribution in [0, 0.1) is 0 Å². The van der Waals surface area contributed by atoms with E-state index in [1.807, 2.05) is 32.0 Å². The lowest BCUT2D eigenvalue weighted by Gasteiger charge is -2.28. The van der Waals surface area contributed by atoms with E-state index in [4.69, 9.17) is 5.11 Å². The van der Waals surface area contributed by atoms with Gasteiger partial charge >= 0.3 is 12.0 Å². The van der Waals surface area contributed by atoms with Crippen LogP contribution in [0.25, 0.3) is 0 Å². The summed E-state index contributed by atoms with van der Waals surface area (Å²) in [5.41, 5.74) is 0.787. The molecule has 0 spiro atoms. The highest BCUT2D eigenvalue weighted by molar-refractivity contribution is 5.80. The second kappa shape index (κ2) is 8.14. The zero-order chi connectivity index (χ0) is 15.0. The van der Waals surface area contributed by atoms with E-state index in [0.29, 0.717) is 19.6 Å². The lowest BCUT2D eigenvalue weighted by Crippen LogP contribution is -2.45. The fourth-order valence-electron chi connectivity index (χ4n) is 1.88. The maximum atomic E-state index is 12.4. The maximum absolute atomic E-state index is 12.4. The van der Waals surface area contributed by atoms with Crippen LogP contribution in [0.2, 0.25) is 0 Å². The highest BCUT2D eigenvalue weighted by Gasteiger charge is 2.21. The van der Waals surface area contributed by atoms with E-state index in [9.17, 15) is 9.59 Å². The molecule has 1 rings (SSSR count). The Bertz CT molecular complexity index is 437. The Labute approximate surface area is 119 Å². The Morgan fingerprint density at radius 2 is 2.00 bits per heavy atom. The number of pyridine rings is 1. The molecule has 1 N–H and O–H groups in total. The van der Waals surface area contributed by atoms with Crippen molar-refractivity contribution in [2.75, 3.05) is 19.6 Å². The van der Waals surface area contributed by atoms with Gasteiger partial charge in [0, 0.05) is 19.3 Å². The van der Waals surface area contributed by atoms with Crippen LogP contribution in [0.4, 0.5) is 4.79 Å². The molecule has 0 aliphatic rings. The predicted molar refractivity (Wildman–Crippen MR) is 75.2 cm³/mol. The summed E-state index contributed by atoms with van der Waals surface area (Å²) in [6.45, 7) is 4.84. The van der Waals surface area contributed by atoms with Crippen molar-refractivity contribution >= 4 is 12.0 Å². The van der Waals surface area contributed by atoms with Gasteiger partial charge in [0.1, 0.15) is 6.54 Å². The first-order chi connectivity index (χ1) is 9.58. The lowest BCUT2D eigenvalue weighted by atomic mass is 10.3. The molecule has 0 unspecified atom stereocenters. The van der Waals surface area contributed by atoms with Gasteiger partial charge in [-0.25, -0.2) is 4.79 Å². The molecule has 1 aromatic rings. The van der Waals surface area contributed by atoms with E-state index in [0.717, 1.165) is 12.1 Å². The molecule has 0 aliphatic carbocycles. The average Bonchev–Trinajstić information content (AvgIpc) is 2.44. The molecule has 0 saturated carbocycles. The molecule has 110 valence electrons. The molecule has 1 heterocycles. The number of carboxylic acid groups (broad SMARTS) is 1. The summed E-state index contributed by atoms with van der Waals surface area (Å²) in [6.07, 6.45) is 2.40. The smallest absolute Gasteiger partial charge is 0.323 e. The van der Waals surface area contributed by atoms with Crippen LogP contribution in [0.15, 0.2) is 24.4 Å². The van der Waals surface area contributed by atoms with E-state index in [1.54, 1.807) is 11.1 Å². The summed E-state index contributed by atoms with van der Waals surface area (Å²) < 4.78 is 0. The molecular weight excluding hydrogens is 258 g/mol. The Kier molecular flexibility index (Phi) is 6.49. The molecule has 0 bridgehead atoms. The molecule has 6 heteroatoms. The van der Waals surface area contributed by atoms with Crippen LogP contribution in [-0.2, 0) is 11.3 Å². The van der Waals surface area contributed by atoms with Gasteiger partial charge in [-0.3, -0.25) is 9.78 Å². The van der Waals surface area contributed by atoms with Gasteiger partial charge in [-0.05, 0) is 25.5 Å². The summed E-state index contributed by atoms with van der Waals surface area (Å²) >= 11 is 0. The first-order valence-corrected chi connectivity index (χ1v) is 6.74. The number of rotatable bonds is 7. The summed E-state index contributed by atoms with van der Waals surface area (Å²) in [5.74, 6) is -0.999. The van der Waals surface area contributed by atoms with Gasteiger partial charge in [0.15, 0.2) is 0 Å². The number of nitrogens with zero attached hydrogens (tertiary/aromatic N) is 3. The Balaban J connectivity index is 2.75. The Morgan fingerprint density at radius 1 is 1.25 bits per heavy atom. The van der Waals surface area contributed by atoms with Crippen LogP contribution in [-0.4, -0.2) is 51.5 Å². The first-order valence-electron chi connectivity index (χ1n) is 6.74. The molecule has 0 aliphatic heterocycles. The highest BCUT2D eigenvalue weighted by Crippen LogP contribution is 2.06. The zero-order valence-corrected chi connectivity index (χ0v) is 12.0. The third-order valence-corrected chi connectivity index (χ3v) is 2.82. The van der Waals surface area contributed by atoms with E-state index >= 15 is 0 Å².